The molecule has 1 saturated heterocycles. The van der Waals surface area contributed by atoms with Crippen LogP contribution in [0.2, 0.25) is 0 Å². The van der Waals surface area contributed by atoms with Crippen molar-refractivity contribution in [1.29, 1.82) is 0 Å². The van der Waals surface area contributed by atoms with E-state index in [0.29, 0.717) is 0 Å². The molecule has 0 aromatic rings. The Kier molecular flexibility index (Phi) is 4.11. The Bertz CT molecular complexity index is 214. The van der Waals surface area contributed by atoms with Gasteiger partial charge in [-0.25, -0.2) is 0 Å². The maximum absolute atomic E-state index is 10.5. The molecule has 4 heteroatoms. The van der Waals surface area contributed by atoms with E-state index >= 15 is 0 Å². The summed E-state index contributed by atoms with van der Waals surface area (Å²) in [4.78, 5) is 12.5. The zero-order valence-corrected chi connectivity index (χ0v) is 9.82. The second-order valence-electron chi connectivity index (χ2n) is 5.10. The van der Waals surface area contributed by atoms with E-state index in [-0.39, 0.29) is 18.2 Å². The van der Waals surface area contributed by atoms with E-state index in [4.69, 9.17) is 9.84 Å². The number of aliphatic carboxylic acids is 1. The van der Waals surface area contributed by atoms with Gasteiger partial charge in [0.05, 0.1) is 18.2 Å². The van der Waals surface area contributed by atoms with Crippen LogP contribution in [0.1, 0.15) is 33.6 Å². The third-order valence-electron chi connectivity index (χ3n) is 2.41. The van der Waals surface area contributed by atoms with Crippen molar-refractivity contribution >= 4 is 5.97 Å². The summed E-state index contributed by atoms with van der Waals surface area (Å²) in [7, 11) is 0. The van der Waals surface area contributed by atoms with Crippen molar-refractivity contribution in [1.82, 2.24) is 4.90 Å². The number of hydrogen-bond donors (Lipinski definition) is 1. The van der Waals surface area contributed by atoms with Gasteiger partial charge in [-0.2, -0.15) is 0 Å². The minimum atomic E-state index is -0.745. The lowest BCUT2D eigenvalue weighted by Crippen LogP contribution is -2.41. The summed E-state index contributed by atoms with van der Waals surface area (Å²) in [6.07, 6.45) is 2.16. The molecule has 88 valence electrons. The van der Waals surface area contributed by atoms with E-state index in [1.54, 1.807) is 0 Å². The molecule has 4 nitrogen and oxygen atoms in total. The van der Waals surface area contributed by atoms with Crippen LogP contribution in [0, 0.1) is 0 Å². The highest BCUT2D eigenvalue weighted by molar-refractivity contribution is 5.69. The molecular weight excluding hydrogens is 194 g/mol. The molecule has 1 aliphatic heterocycles. The van der Waals surface area contributed by atoms with E-state index in [0.717, 1.165) is 25.9 Å². The molecule has 15 heavy (non-hydrogen) atoms. The minimum Gasteiger partial charge on any atom is -0.480 e. The van der Waals surface area contributed by atoms with Gasteiger partial charge in [-0.05, 0) is 33.6 Å². The first kappa shape index (κ1) is 12.5. The third kappa shape index (κ3) is 5.14. The first-order chi connectivity index (χ1) is 6.87. The standard InChI is InChI=1S/C11H21NO3/c1-11(2,3)15-9-4-6-12(7-5-9)8-10(13)14/h9H,4-8H2,1-3H3,(H,13,14). The van der Waals surface area contributed by atoms with Crippen molar-refractivity contribution < 1.29 is 14.6 Å². The fourth-order valence-electron chi connectivity index (χ4n) is 1.88. The fourth-order valence-corrected chi connectivity index (χ4v) is 1.88. The molecule has 0 aromatic carbocycles. The number of nitrogens with zero attached hydrogens (tertiary/aromatic N) is 1. The minimum absolute atomic E-state index is 0.0976. The van der Waals surface area contributed by atoms with Gasteiger partial charge in [-0.3, -0.25) is 9.69 Å². The van der Waals surface area contributed by atoms with E-state index < -0.39 is 5.97 Å². The molecule has 1 heterocycles. The lowest BCUT2D eigenvalue weighted by Gasteiger charge is -2.34. The number of piperidine rings is 1. The summed E-state index contributed by atoms with van der Waals surface area (Å²) in [5, 5.41) is 8.65. The number of likely N-dealkylation sites (tertiary alicyclic amines) is 1. The first-order valence-electron chi connectivity index (χ1n) is 5.49. The van der Waals surface area contributed by atoms with Crippen molar-refractivity contribution in [2.75, 3.05) is 19.6 Å². The smallest absolute Gasteiger partial charge is 0.317 e. The average Bonchev–Trinajstić information content (AvgIpc) is 2.05. The Morgan fingerprint density at radius 3 is 2.33 bits per heavy atom. The van der Waals surface area contributed by atoms with Crippen LogP contribution >= 0.6 is 0 Å². The van der Waals surface area contributed by atoms with Gasteiger partial charge in [-0.1, -0.05) is 0 Å². The lowest BCUT2D eigenvalue weighted by molar-refractivity contribution is -0.139. The molecular formula is C11H21NO3. The van der Waals surface area contributed by atoms with E-state index in [1.807, 2.05) is 4.90 Å². The molecule has 1 N–H and O–H groups in total. The highest BCUT2D eigenvalue weighted by Gasteiger charge is 2.24. The molecule has 0 aliphatic carbocycles. The third-order valence-corrected chi connectivity index (χ3v) is 2.41. The SMILES string of the molecule is CC(C)(C)OC1CCN(CC(=O)O)CC1. The molecule has 0 aromatic heterocycles. The van der Waals surface area contributed by atoms with Crippen molar-refractivity contribution in [3.8, 4) is 0 Å². The van der Waals surface area contributed by atoms with Crippen molar-refractivity contribution in [2.24, 2.45) is 0 Å². The van der Waals surface area contributed by atoms with Gasteiger partial charge >= 0.3 is 5.97 Å². The molecule has 0 radical (unpaired) electrons. The van der Waals surface area contributed by atoms with E-state index in [9.17, 15) is 4.79 Å². The van der Waals surface area contributed by atoms with Gasteiger partial charge < -0.3 is 9.84 Å². The Morgan fingerprint density at radius 2 is 1.93 bits per heavy atom. The van der Waals surface area contributed by atoms with E-state index in [1.165, 1.54) is 0 Å². The highest BCUT2D eigenvalue weighted by Crippen LogP contribution is 2.19. The number of ether oxygens (including phenoxy) is 1. The second-order valence-corrected chi connectivity index (χ2v) is 5.10. The molecule has 0 unspecified atom stereocenters. The van der Waals surface area contributed by atoms with Crippen LogP contribution in [0.25, 0.3) is 0 Å². The van der Waals surface area contributed by atoms with Crippen LogP contribution < -0.4 is 0 Å². The Hall–Kier alpha value is -0.610. The summed E-state index contributed by atoms with van der Waals surface area (Å²) >= 11 is 0. The molecule has 0 bridgehead atoms. The van der Waals surface area contributed by atoms with Gasteiger partial charge in [0.25, 0.3) is 0 Å². The quantitative estimate of drug-likeness (QED) is 0.772. The zero-order valence-electron chi connectivity index (χ0n) is 9.82. The molecule has 0 saturated carbocycles. The number of rotatable bonds is 3. The normalized spacial score (nSPS) is 20.5. The maximum atomic E-state index is 10.5. The lowest BCUT2D eigenvalue weighted by atomic mass is 10.1. The number of carboxylic acids is 1. The van der Waals surface area contributed by atoms with Gasteiger partial charge in [0, 0.05) is 13.1 Å². The number of hydrogen-bond acceptors (Lipinski definition) is 3. The second kappa shape index (κ2) is 4.94. The topological polar surface area (TPSA) is 49.8 Å². The van der Waals surface area contributed by atoms with Gasteiger partial charge in [0.2, 0.25) is 0 Å². The average molecular weight is 215 g/mol. The molecule has 1 rings (SSSR count). The van der Waals surface area contributed by atoms with Crippen LogP contribution in [0.15, 0.2) is 0 Å². The maximum Gasteiger partial charge on any atom is 0.317 e. The van der Waals surface area contributed by atoms with Crippen molar-refractivity contribution in [3.05, 3.63) is 0 Å². The van der Waals surface area contributed by atoms with Gasteiger partial charge in [0.15, 0.2) is 0 Å². The molecule has 0 atom stereocenters. The Morgan fingerprint density at radius 1 is 1.40 bits per heavy atom. The Labute approximate surface area is 91.2 Å². The van der Waals surface area contributed by atoms with Crippen LogP contribution in [-0.4, -0.2) is 47.3 Å². The molecule has 1 fully saturated rings. The predicted molar refractivity (Wildman–Crippen MR) is 57.9 cm³/mol. The van der Waals surface area contributed by atoms with Crippen molar-refractivity contribution in [2.45, 2.75) is 45.3 Å². The summed E-state index contributed by atoms with van der Waals surface area (Å²) in [6, 6.07) is 0. The monoisotopic (exact) mass is 215 g/mol. The Balaban J connectivity index is 2.27. The first-order valence-corrected chi connectivity index (χ1v) is 5.49. The summed E-state index contributed by atoms with van der Waals surface area (Å²) < 4.78 is 5.86. The molecule has 0 amide bonds. The predicted octanol–water partition coefficient (Wildman–Crippen LogP) is 1.35. The number of carbonyl (C=O) groups is 1. The van der Waals surface area contributed by atoms with Crippen LogP contribution in [-0.2, 0) is 9.53 Å². The molecule has 1 aliphatic rings. The van der Waals surface area contributed by atoms with Crippen LogP contribution in [0.4, 0.5) is 0 Å². The fraction of sp³-hybridized carbons (Fsp3) is 0.909. The van der Waals surface area contributed by atoms with Gasteiger partial charge in [0.1, 0.15) is 0 Å². The summed E-state index contributed by atoms with van der Waals surface area (Å²) in [5.74, 6) is -0.745. The summed E-state index contributed by atoms with van der Waals surface area (Å²) in [5.41, 5.74) is -0.0976. The van der Waals surface area contributed by atoms with Gasteiger partial charge in [-0.15, -0.1) is 0 Å². The van der Waals surface area contributed by atoms with E-state index in [2.05, 4.69) is 20.8 Å². The highest BCUT2D eigenvalue weighted by atomic mass is 16.5. The van der Waals surface area contributed by atoms with Crippen LogP contribution in [0.3, 0.4) is 0 Å². The largest absolute Gasteiger partial charge is 0.480 e. The molecule has 0 spiro atoms. The number of carboxylic acid groups (broad SMARTS) is 1. The zero-order chi connectivity index (χ0) is 11.5. The van der Waals surface area contributed by atoms with Crippen LogP contribution in [0.5, 0.6) is 0 Å². The summed E-state index contributed by atoms with van der Waals surface area (Å²) in [6.45, 7) is 7.96. The van der Waals surface area contributed by atoms with Crippen molar-refractivity contribution in [3.63, 3.8) is 0 Å².